The van der Waals surface area contributed by atoms with Gasteiger partial charge in [-0.05, 0) is 55.6 Å². The molecule has 2 aromatic carbocycles. The van der Waals surface area contributed by atoms with Crippen LogP contribution >= 0.6 is 0 Å². The smallest absolute Gasteiger partial charge is 0.191 e. The number of para-hydroxylation sites is 1. The first-order valence-electron chi connectivity index (χ1n) is 12.0. The topological polar surface area (TPSA) is 52.1 Å². The molecule has 0 saturated carbocycles. The van der Waals surface area contributed by atoms with Gasteiger partial charge in [-0.1, -0.05) is 42.5 Å². The number of hydrogen-bond acceptors (Lipinski definition) is 4. The van der Waals surface area contributed by atoms with Gasteiger partial charge in [-0.2, -0.15) is 0 Å². The number of aliphatic imine (C=N–C) groups is 1. The number of rotatable bonds is 8. The van der Waals surface area contributed by atoms with Gasteiger partial charge in [0, 0.05) is 38.4 Å². The molecule has 0 amide bonds. The van der Waals surface area contributed by atoms with Crippen molar-refractivity contribution < 1.29 is 4.74 Å². The highest BCUT2D eigenvalue weighted by Gasteiger charge is 2.14. The Morgan fingerprint density at radius 1 is 0.906 bits per heavy atom. The number of guanidine groups is 1. The summed E-state index contributed by atoms with van der Waals surface area (Å²) < 4.78 is 5.52. The van der Waals surface area contributed by atoms with E-state index in [0.717, 1.165) is 51.9 Å². The molecule has 6 heteroatoms. The minimum atomic E-state index is 0.671. The van der Waals surface area contributed by atoms with Gasteiger partial charge in [0.05, 0.1) is 19.8 Å². The Labute approximate surface area is 192 Å². The summed E-state index contributed by atoms with van der Waals surface area (Å²) in [5.74, 6) is 0.852. The maximum absolute atomic E-state index is 5.52. The molecule has 0 unspecified atom stereocenters. The van der Waals surface area contributed by atoms with Crippen molar-refractivity contribution in [1.29, 1.82) is 0 Å². The summed E-state index contributed by atoms with van der Waals surface area (Å²) in [7, 11) is 0. The summed E-state index contributed by atoms with van der Waals surface area (Å²) in [6.45, 7) is 11.4. The number of nitrogens with zero attached hydrogens (tertiary/aromatic N) is 3. The number of nitrogens with one attached hydrogen (secondary N) is 2. The van der Waals surface area contributed by atoms with E-state index in [4.69, 9.17) is 9.73 Å². The van der Waals surface area contributed by atoms with Crippen LogP contribution in [-0.2, 0) is 24.4 Å². The average molecular weight is 436 g/mol. The summed E-state index contributed by atoms with van der Waals surface area (Å²) in [6.07, 6.45) is 2.67. The fourth-order valence-electron chi connectivity index (χ4n) is 4.41. The van der Waals surface area contributed by atoms with Crippen molar-refractivity contribution >= 4 is 11.6 Å². The number of anilines is 1. The monoisotopic (exact) mass is 435 g/mol. The lowest BCUT2D eigenvalue weighted by Crippen LogP contribution is -2.39. The third-order valence-electron chi connectivity index (χ3n) is 6.18. The van der Waals surface area contributed by atoms with Crippen LogP contribution in [0.4, 0.5) is 5.69 Å². The molecule has 2 heterocycles. The van der Waals surface area contributed by atoms with E-state index in [1.807, 2.05) is 0 Å². The molecule has 172 valence electrons. The predicted molar refractivity (Wildman–Crippen MR) is 132 cm³/mol. The zero-order chi connectivity index (χ0) is 22.0. The molecule has 0 aliphatic carbocycles. The van der Waals surface area contributed by atoms with Crippen LogP contribution in [0.15, 0.2) is 53.5 Å². The van der Waals surface area contributed by atoms with Gasteiger partial charge in [-0.3, -0.25) is 4.90 Å². The number of morpholine rings is 1. The molecule has 0 bridgehead atoms. The molecule has 6 nitrogen and oxygen atoms in total. The van der Waals surface area contributed by atoms with Crippen molar-refractivity contribution in [3.8, 4) is 0 Å². The second-order valence-electron chi connectivity index (χ2n) is 8.58. The lowest BCUT2D eigenvalue weighted by atomic mass is 10.1. The van der Waals surface area contributed by atoms with E-state index >= 15 is 0 Å². The maximum Gasteiger partial charge on any atom is 0.191 e. The van der Waals surface area contributed by atoms with Crippen LogP contribution in [-0.4, -0.2) is 56.8 Å². The first kappa shape index (κ1) is 22.6. The van der Waals surface area contributed by atoms with E-state index in [1.54, 1.807) is 0 Å². The summed E-state index contributed by atoms with van der Waals surface area (Å²) in [4.78, 5) is 9.77. The van der Waals surface area contributed by atoms with Crippen molar-refractivity contribution in [3.05, 3.63) is 65.2 Å². The van der Waals surface area contributed by atoms with Crippen LogP contribution in [0.1, 0.15) is 36.5 Å². The second kappa shape index (κ2) is 11.9. The van der Waals surface area contributed by atoms with E-state index in [-0.39, 0.29) is 0 Å². The van der Waals surface area contributed by atoms with Crippen LogP contribution in [0, 0.1) is 0 Å². The number of benzene rings is 2. The molecule has 0 radical (unpaired) electrons. The van der Waals surface area contributed by atoms with Gasteiger partial charge >= 0.3 is 0 Å². The minimum absolute atomic E-state index is 0.671. The van der Waals surface area contributed by atoms with E-state index in [1.165, 1.54) is 48.3 Å². The number of hydrogen-bond donors (Lipinski definition) is 2. The van der Waals surface area contributed by atoms with Gasteiger partial charge in [-0.15, -0.1) is 0 Å². The van der Waals surface area contributed by atoms with E-state index in [2.05, 4.69) is 75.9 Å². The highest BCUT2D eigenvalue weighted by atomic mass is 16.5. The van der Waals surface area contributed by atoms with Gasteiger partial charge in [0.25, 0.3) is 0 Å². The summed E-state index contributed by atoms with van der Waals surface area (Å²) >= 11 is 0. The van der Waals surface area contributed by atoms with Crippen LogP contribution in [0.5, 0.6) is 0 Å². The van der Waals surface area contributed by atoms with Gasteiger partial charge in [-0.25, -0.2) is 4.99 Å². The third kappa shape index (κ3) is 6.47. The van der Waals surface area contributed by atoms with Crippen molar-refractivity contribution in [1.82, 2.24) is 15.5 Å². The molecule has 4 rings (SSSR count). The van der Waals surface area contributed by atoms with Gasteiger partial charge in [0.1, 0.15) is 0 Å². The summed E-state index contributed by atoms with van der Waals surface area (Å²) in [6, 6.07) is 17.6. The molecule has 0 aromatic heterocycles. The van der Waals surface area contributed by atoms with E-state index in [0.29, 0.717) is 6.54 Å². The predicted octanol–water partition coefficient (Wildman–Crippen LogP) is 3.37. The Morgan fingerprint density at radius 3 is 2.38 bits per heavy atom. The molecule has 2 aliphatic heterocycles. The molecule has 0 atom stereocenters. The van der Waals surface area contributed by atoms with E-state index < -0.39 is 0 Å². The number of ether oxygens (including phenoxy) is 1. The lowest BCUT2D eigenvalue weighted by molar-refractivity contribution is 0.122. The Balaban J connectivity index is 1.34. The molecule has 2 aliphatic rings. The molecule has 2 fully saturated rings. The first-order chi connectivity index (χ1) is 15.8. The van der Waals surface area contributed by atoms with Crippen molar-refractivity contribution in [2.75, 3.05) is 50.8 Å². The molecule has 2 saturated heterocycles. The zero-order valence-electron chi connectivity index (χ0n) is 19.4. The summed E-state index contributed by atoms with van der Waals surface area (Å²) in [5, 5.41) is 6.90. The molecule has 2 N–H and O–H groups in total. The molecular formula is C26H37N5O. The van der Waals surface area contributed by atoms with Crippen molar-refractivity contribution in [3.63, 3.8) is 0 Å². The largest absolute Gasteiger partial charge is 0.378 e. The molecular weight excluding hydrogens is 398 g/mol. The summed E-state index contributed by atoms with van der Waals surface area (Å²) in [5.41, 5.74) is 5.20. The highest BCUT2D eigenvalue weighted by molar-refractivity contribution is 5.80. The first-order valence-corrected chi connectivity index (χ1v) is 12.0. The Hall–Kier alpha value is -2.57. The fourth-order valence-corrected chi connectivity index (χ4v) is 4.41. The molecule has 2 aromatic rings. The van der Waals surface area contributed by atoms with Crippen LogP contribution in [0.25, 0.3) is 0 Å². The van der Waals surface area contributed by atoms with Crippen LogP contribution in [0.3, 0.4) is 0 Å². The average Bonchev–Trinajstić information content (AvgIpc) is 3.36. The Bertz CT molecular complexity index is 855. The van der Waals surface area contributed by atoms with E-state index in [9.17, 15) is 0 Å². The van der Waals surface area contributed by atoms with Crippen molar-refractivity contribution in [2.45, 2.75) is 39.4 Å². The molecule has 32 heavy (non-hydrogen) atoms. The van der Waals surface area contributed by atoms with Crippen LogP contribution < -0.4 is 15.5 Å². The fraction of sp³-hybridized carbons (Fsp3) is 0.500. The normalized spacial score (nSPS) is 17.5. The second-order valence-corrected chi connectivity index (χ2v) is 8.58. The van der Waals surface area contributed by atoms with Gasteiger partial charge < -0.3 is 20.3 Å². The Morgan fingerprint density at radius 2 is 1.62 bits per heavy atom. The van der Waals surface area contributed by atoms with Gasteiger partial charge in [0.2, 0.25) is 0 Å². The zero-order valence-corrected chi connectivity index (χ0v) is 19.4. The lowest BCUT2D eigenvalue weighted by Gasteiger charge is -2.30. The quantitative estimate of drug-likeness (QED) is 0.492. The standard InChI is InChI=1S/C26H37N5O/c1-2-27-26(28-19-22-9-11-23(12-10-22)21-30-13-5-6-14-30)29-20-24-7-3-4-8-25(24)31-15-17-32-18-16-31/h3-4,7-12H,2,5-6,13-21H2,1H3,(H2,27,28,29). The number of likely N-dealkylation sites (tertiary alicyclic amines) is 1. The van der Waals surface area contributed by atoms with Crippen molar-refractivity contribution in [2.24, 2.45) is 4.99 Å². The minimum Gasteiger partial charge on any atom is -0.378 e. The van der Waals surface area contributed by atoms with Gasteiger partial charge in [0.15, 0.2) is 5.96 Å². The Kier molecular flexibility index (Phi) is 8.40. The third-order valence-corrected chi connectivity index (χ3v) is 6.18. The SMILES string of the molecule is CCNC(=NCc1ccc(CN2CCCC2)cc1)NCc1ccccc1N1CCOCC1. The maximum atomic E-state index is 5.52. The highest BCUT2D eigenvalue weighted by Crippen LogP contribution is 2.21. The molecule has 0 spiro atoms. The van der Waals surface area contributed by atoms with Crippen LogP contribution in [0.2, 0.25) is 0 Å².